The van der Waals surface area contributed by atoms with Crippen molar-refractivity contribution in [3.63, 3.8) is 0 Å². The first kappa shape index (κ1) is 7.79. The summed E-state index contributed by atoms with van der Waals surface area (Å²) in [5, 5.41) is 0. The lowest BCUT2D eigenvalue weighted by molar-refractivity contribution is 1.31. The van der Waals surface area contributed by atoms with Crippen molar-refractivity contribution in [1.82, 2.24) is 4.98 Å². The predicted molar refractivity (Wildman–Crippen MR) is 48.0 cm³/mol. The molecule has 58 valence electrons. The zero-order valence-corrected chi connectivity index (χ0v) is 6.83. The number of pyridine rings is 1. The van der Waals surface area contributed by atoms with Crippen molar-refractivity contribution in [2.24, 2.45) is 0 Å². The summed E-state index contributed by atoms with van der Waals surface area (Å²) < 4.78 is 0. The van der Waals surface area contributed by atoms with Gasteiger partial charge in [0.15, 0.2) is 0 Å². The second kappa shape index (κ2) is 3.19. The van der Waals surface area contributed by atoms with Gasteiger partial charge in [0.1, 0.15) is 5.82 Å². The Balaban J connectivity index is 2.99. The molecule has 0 saturated carbocycles. The fraction of sp³-hybridized carbons (Fsp3) is 0.222. The minimum absolute atomic E-state index is 0.567. The van der Waals surface area contributed by atoms with Crippen molar-refractivity contribution in [2.75, 3.05) is 5.73 Å². The number of allylic oxidation sites excluding steroid dienone is 2. The van der Waals surface area contributed by atoms with Gasteiger partial charge in [0.05, 0.1) is 0 Å². The summed E-state index contributed by atoms with van der Waals surface area (Å²) >= 11 is 0. The molecule has 0 aromatic carbocycles. The Morgan fingerprint density at radius 3 is 2.73 bits per heavy atom. The third-order valence-electron chi connectivity index (χ3n) is 1.67. The van der Waals surface area contributed by atoms with Crippen molar-refractivity contribution in [2.45, 2.75) is 13.8 Å². The van der Waals surface area contributed by atoms with E-state index in [1.165, 1.54) is 5.57 Å². The van der Waals surface area contributed by atoms with E-state index < -0.39 is 0 Å². The number of hydrogen-bond acceptors (Lipinski definition) is 2. The van der Waals surface area contributed by atoms with Crippen molar-refractivity contribution in [3.8, 4) is 0 Å². The monoisotopic (exact) mass is 148 g/mol. The SMILES string of the molecule is C/C=C(\C)c1ccc(N)nc1. The summed E-state index contributed by atoms with van der Waals surface area (Å²) in [4.78, 5) is 3.99. The molecule has 0 spiro atoms. The molecule has 0 bridgehead atoms. The number of aromatic nitrogens is 1. The first-order valence-electron chi connectivity index (χ1n) is 3.59. The van der Waals surface area contributed by atoms with Gasteiger partial charge in [-0.15, -0.1) is 0 Å². The predicted octanol–water partition coefficient (Wildman–Crippen LogP) is 2.09. The molecule has 0 aliphatic rings. The van der Waals surface area contributed by atoms with Crippen LogP contribution in [-0.2, 0) is 0 Å². The van der Waals surface area contributed by atoms with E-state index in [0.29, 0.717) is 5.82 Å². The van der Waals surface area contributed by atoms with Crippen LogP contribution in [0.3, 0.4) is 0 Å². The lowest BCUT2D eigenvalue weighted by Crippen LogP contribution is -1.89. The number of hydrogen-bond donors (Lipinski definition) is 1. The highest BCUT2D eigenvalue weighted by Gasteiger charge is 1.92. The van der Waals surface area contributed by atoms with Gasteiger partial charge in [0.2, 0.25) is 0 Å². The maximum atomic E-state index is 5.44. The summed E-state index contributed by atoms with van der Waals surface area (Å²) in [7, 11) is 0. The zero-order valence-electron chi connectivity index (χ0n) is 6.83. The third kappa shape index (κ3) is 1.80. The Bertz CT molecular complexity index is 259. The minimum atomic E-state index is 0.567. The van der Waals surface area contributed by atoms with Gasteiger partial charge in [0, 0.05) is 6.20 Å². The molecule has 11 heavy (non-hydrogen) atoms. The summed E-state index contributed by atoms with van der Waals surface area (Å²) in [6, 6.07) is 3.78. The standard InChI is InChI=1S/C9H12N2/c1-3-7(2)8-4-5-9(10)11-6-8/h3-6H,1-2H3,(H2,10,11)/b7-3+. The highest BCUT2D eigenvalue weighted by molar-refractivity contribution is 5.63. The highest BCUT2D eigenvalue weighted by atomic mass is 14.8. The first-order chi connectivity index (χ1) is 5.24. The van der Waals surface area contributed by atoms with E-state index >= 15 is 0 Å². The second-order valence-corrected chi connectivity index (χ2v) is 2.44. The molecule has 2 nitrogen and oxygen atoms in total. The molecule has 0 atom stereocenters. The average Bonchev–Trinajstić information content (AvgIpc) is 2.05. The van der Waals surface area contributed by atoms with Crippen LogP contribution in [0.15, 0.2) is 24.4 Å². The minimum Gasteiger partial charge on any atom is -0.384 e. The van der Waals surface area contributed by atoms with Gasteiger partial charge in [0.25, 0.3) is 0 Å². The van der Waals surface area contributed by atoms with E-state index in [1.807, 2.05) is 32.1 Å². The van der Waals surface area contributed by atoms with Crippen LogP contribution in [0.2, 0.25) is 0 Å². The molecule has 1 rings (SSSR count). The van der Waals surface area contributed by atoms with Gasteiger partial charge >= 0.3 is 0 Å². The molecule has 0 amide bonds. The van der Waals surface area contributed by atoms with Crippen LogP contribution in [0, 0.1) is 0 Å². The molecule has 2 N–H and O–H groups in total. The molecule has 1 heterocycles. The third-order valence-corrected chi connectivity index (χ3v) is 1.67. The summed E-state index contributed by atoms with van der Waals surface area (Å²) in [6.07, 6.45) is 3.83. The smallest absolute Gasteiger partial charge is 0.123 e. The Kier molecular flexibility index (Phi) is 2.26. The Morgan fingerprint density at radius 1 is 1.55 bits per heavy atom. The highest BCUT2D eigenvalue weighted by Crippen LogP contribution is 2.12. The van der Waals surface area contributed by atoms with Crippen molar-refractivity contribution in [3.05, 3.63) is 30.0 Å². The molecule has 0 aliphatic carbocycles. The lowest BCUT2D eigenvalue weighted by Gasteiger charge is -1.98. The summed E-state index contributed by atoms with van der Waals surface area (Å²) in [6.45, 7) is 4.05. The maximum absolute atomic E-state index is 5.44. The van der Waals surface area contributed by atoms with Crippen LogP contribution in [0.25, 0.3) is 5.57 Å². The Morgan fingerprint density at radius 2 is 2.27 bits per heavy atom. The van der Waals surface area contributed by atoms with Gasteiger partial charge in [-0.05, 0) is 37.1 Å². The average molecular weight is 148 g/mol. The van der Waals surface area contributed by atoms with Crippen molar-refractivity contribution in [1.29, 1.82) is 0 Å². The zero-order chi connectivity index (χ0) is 8.27. The molecule has 2 heteroatoms. The van der Waals surface area contributed by atoms with Crippen molar-refractivity contribution >= 4 is 11.4 Å². The number of nitrogen functional groups attached to an aromatic ring is 1. The summed E-state index contributed by atoms with van der Waals surface area (Å²) in [5.41, 5.74) is 7.78. The topological polar surface area (TPSA) is 38.9 Å². The van der Waals surface area contributed by atoms with Crippen LogP contribution < -0.4 is 5.73 Å². The van der Waals surface area contributed by atoms with Crippen LogP contribution in [-0.4, -0.2) is 4.98 Å². The Labute approximate surface area is 66.8 Å². The number of anilines is 1. The second-order valence-electron chi connectivity index (χ2n) is 2.44. The van der Waals surface area contributed by atoms with Gasteiger partial charge in [-0.25, -0.2) is 4.98 Å². The van der Waals surface area contributed by atoms with E-state index in [9.17, 15) is 0 Å². The van der Waals surface area contributed by atoms with E-state index in [0.717, 1.165) is 5.56 Å². The van der Waals surface area contributed by atoms with E-state index in [2.05, 4.69) is 4.98 Å². The fourth-order valence-electron chi connectivity index (χ4n) is 0.805. The van der Waals surface area contributed by atoms with Gasteiger partial charge in [-0.3, -0.25) is 0 Å². The maximum Gasteiger partial charge on any atom is 0.123 e. The first-order valence-corrected chi connectivity index (χ1v) is 3.59. The molecule has 0 saturated heterocycles. The molecule has 0 aliphatic heterocycles. The molecule has 1 aromatic rings. The van der Waals surface area contributed by atoms with Crippen LogP contribution in [0.4, 0.5) is 5.82 Å². The molecular weight excluding hydrogens is 136 g/mol. The van der Waals surface area contributed by atoms with Crippen molar-refractivity contribution < 1.29 is 0 Å². The largest absolute Gasteiger partial charge is 0.384 e. The fourth-order valence-corrected chi connectivity index (χ4v) is 0.805. The molecule has 0 fully saturated rings. The number of nitrogens with two attached hydrogens (primary N) is 1. The quantitative estimate of drug-likeness (QED) is 0.662. The van der Waals surface area contributed by atoms with Crippen LogP contribution >= 0.6 is 0 Å². The van der Waals surface area contributed by atoms with Gasteiger partial charge < -0.3 is 5.73 Å². The number of nitrogens with zero attached hydrogens (tertiary/aromatic N) is 1. The van der Waals surface area contributed by atoms with Gasteiger partial charge in [-0.1, -0.05) is 6.08 Å². The van der Waals surface area contributed by atoms with E-state index in [4.69, 9.17) is 5.73 Å². The normalized spacial score (nSPS) is 11.6. The number of rotatable bonds is 1. The molecule has 1 aromatic heterocycles. The molecule has 0 unspecified atom stereocenters. The van der Waals surface area contributed by atoms with Crippen LogP contribution in [0.5, 0.6) is 0 Å². The molecule has 0 radical (unpaired) electrons. The van der Waals surface area contributed by atoms with Gasteiger partial charge in [-0.2, -0.15) is 0 Å². The Hall–Kier alpha value is -1.31. The van der Waals surface area contributed by atoms with E-state index in [1.54, 1.807) is 6.20 Å². The lowest BCUT2D eigenvalue weighted by atomic mass is 10.1. The summed E-state index contributed by atoms with van der Waals surface area (Å²) in [5.74, 6) is 0.567. The van der Waals surface area contributed by atoms with E-state index in [-0.39, 0.29) is 0 Å². The van der Waals surface area contributed by atoms with Crippen LogP contribution in [0.1, 0.15) is 19.4 Å². The molecular formula is C9H12N2.